The Labute approximate surface area is 191 Å². The molecule has 2 aliphatic rings. The van der Waals surface area contributed by atoms with Gasteiger partial charge in [-0.25, -0.2) is 4.39 Å². The Hall–Kier alpha value is -2.20. The lowest BCUT2D eigenvalue weighted by atomic mass is 9.80. The van der Waals surface area contributed by atoms with Crippen LogP contribution in [0.25, 0.3) is 11.0 Å². The van der Waals surface area contributed by atoms with Crippen molar-refractivity contribution in [3.63, 3.8) is 0 Å². The number of piperidine rings is 1. The van der Waals surface area contributed by atoms with E-state index in [-0.39, 0.29) is 5.82 Å². The van der Waals surface area contributed by atoms with Crippen LogP contribution >= 0.6 is 0 Å². The summed E-state index contributed by atoms with van der Waals surface area (Å²) in [6.45, 7) is 3.34. The predicted octanol–water partition coefficient (Wildman–Crippen LogP) is 7.29. The molecule has 0 amide bonds. The van der Waals surface area contributed by atoms with Crippen molar-refractivity contribution in [2.75, 3.05) is 19.6 Å². The Bertz CT molecular complexity index is 987. The van der Waals surface area contributed by atoms with Gasteiger partial charge in [-0.3, -0.25) is 4.98 Å². The third kappa shape index (κ3) is 4.91. The molecule has 4 heteroatoms. The van der Waals surface area contributed by atoms with Gasteiger partial charge < -0.3 is 9.32 Å². The number of pyridine rings is 1. The second-order valence-electron chi connectivity index (χ2n) is 9.90. The van der Waals surface area contributed by atoms with Gasteiger partial charge in [0.1, 0.15) is 11.4 Å². The number of furan rings is 1. The van der Waals surface area contributed by atoms with Crippen LogP contribution in [0.1, 0.15) is 80.9 Å². The molecule has 170 valence electrons. The molecule has 2 aromatic heterocycles. The van der Waals surface area contributed by atoms with Crippen molar-refractivity contribution in [2.24, 2.45) is 5.92 Å². The summed E-state index contributed by atoms with van der Waals surface area (Å²) in [6.07, 6.45) is 15.3. The van der Waals surface area contributed by atoms with E-state index in [0.29, 0.717) is 17.2 Å². The van der Waals surface area contributed by atoms with E-state index in [0.717, 1.165) is 44.0 Å². The molecule has 0 N–H and O–H groups in total. The SMILES string of the molecule is Fc1ccc(C2CCN(CCC(CC3CCCCC3)c3ccccn3)CC2)c2occc12. The molecule has 1 atom stereocenters. The van der Waals surface area contributed by atoms with Gasteiger partial charge in [-0.15, -0.1) is 0 Å². The quantitative estimate of drug-likeness (QED) is 0.391. The third-order valence-electron chi connectivity index (χ3n) is 7.86. The lowest BCUT2D eigenvalue weighted by Gasteiger charge is -2.33. The Morgan fingerprint density at radius 2 is 1.84 bits per heavy atom. The van der Waals surface area contributed by atoms with Gasteiger partial charge in [-0.1, -0.05) is 44.2 Å². The topological polar surface area (TPSA) is 29.3 Å². The molecule has 1 aliphatic heterocycles. The van der Waals surface area contributed by atoms with E-state index in [2.05, 4.69) is 17.0 Å². The Kier molecular flexibility index (Phi) is 6.87. The van der Waals surface area contributed by atoms with E-state index in [1.54, 1.807) is 18.4 Å². The first kappa shape index (κ1) is 21.6. The summed E-state index contributed by atoms with van der Waals surface area (Å²) in [7, 11) is 0. The average molecular weight is 435 g/mol. The molecule has 2 fully saturated rings. The second-order valence-corrected chi connectivity index (χ2v) is 9.90. The predicted molar refractivity (Wildman–Crippen MR) is 127 cm³/mol. The van der Waals surface area contributed by atoms with Gasteiger partial charge in [0.05, 0.1) is 11.6 Å². The lowest BCUT2D eigenvalue weighted by molar-refractivity contribution is 0.199. The molecule has 1 unspecified atom stereocenters. The summed E-state index contributed by atoms with van der Waals surface area (Å²) in [5.74, 6) is 1.70. The van der Waals surface area contributed by atoms with Gasteiger partial charge in [-0.05, 0) is 87.0 Å². The van der Waals surface area contributed by atoms with Gasteiger partial charge in [0, 0.05) is 17.8 Å². The molecule has 1 saturated heterocycles. The minimum atomic E-state index is -0.187. The zero-order valence-corrected chi connectivity index (χ0v) is 19.0. The number of aromatic nitrogens is 1. The molecular weight excluding hydrogens is 399 g/mol. The number of benzene rings is 1. The largest absolute Gasteiger partial charge is 0.464 e. The Morgan fingerprint density at radius 3 is 2.62 bits per heavy atom. The number of rotatable bonds is 7. The van der Waals surface area contributed by atoms with Crippen molar-refractivity contribution >= 4 is 11.0 Å². The fourth-order valence-corrected chi connectivity index (χ4v) is 6.01. The van der Waals surface area contributed by atoms with Gasteiger partial charge in [0.25, 0.3) is 0 Å². The normalized spacial score (nSPS) is 20.0. The van der Waals surface area contributed by atoms with Crippen LogP contribution in [-0.2, 0) is 0 Å². The van der Waals surface area contributed by atoms with E-state index in [1.807, 2.05) is 18.3 Å². The van der Waals surface area contributed by atoms with Crippen LogP contribution in [-0.4, -0.2) is 29.5 Å². The maximum absolute atomic E-state index is 14.0. The molecule has 3 heterocycles. The molecule has 1 aliphatic carbocycles. The maximum Gasteiger partial charge on any atom is 0.140 e. The maximum atomic E-state index is 14.0. The van der Waals surface area contributed by atoms with E-state index >= 15 is 0 Å². The van der Waals surface area contributed by atoms with Crippen LogP contribution in [0.15, 0.2) is 53.3 Å². The van der Waals surface area contributed by atoms with Crippen molar-refractivity contribution in [2.45, 2.75) is 69.6 Å². The first-order valence-corrected chi connectivity index (χ1v) is 12.6. The van der Waals surface area contributed by atoms with Gasteiger partial charge in [0.2, 0.25) is 0 Å². The molecule has 32 heavy (non-hydrogen) atoms. The van der Waals surface area contributed by atoms with Crippen molar-refractivity contribution in [1.82, 2.24) is 9.88 Å². The number of likely N-dealkylation sites (tertiary alicyclic amines) is 1. The molecule has 0 spiro atoms. The van der Waals surface area contributed by atoms with E-state index in [4.69, 9.17) is 9.40 Å². The highest BCUT2D eigenvalue weighted by Crippen LogP contribution is 2.36. The zero-order valence-electron chi connectivity index (χ0n) is 19.0. The van der Waals surface area contributed by atoms with Crippen molar-refractivity contribution in [3.05, 3.63) is 65.9 Å². The van der Waals surface area contributed by atoms with Crippen LogP contribution < -0.4 is 0 Å². The van der Waals surface area contributed by atoms with E-state index < -0.39 is 0 Å². The second kappa shape index (κ2) is 10.2. The summed E-state index contributed by atoms with van der Waals surface area (Å²) in [5, 5.41) is 0.617. The smallest absolute Gasteiger partial charge is 0.140 e. The van der Waals surface area contributed by atoms with Gasteiger partial charge >= 0.3 is 0 Å². The van der Waals surface area contributed by atoms with Crippen molar-refractivity contribution in [1.29, 1.82) is 0 Å². The average Bonchev–Trinajstić information content (AvgIpc) is 3.35. The molecule has 5 rings (SSSR count). The van der Waals surface area contributed by atoms with E-state index in [9.17, 15) is 4.39 Å². The summed E-state index contributed by atoms with van der Waals surface area (Å²) >= 11 is 0. The van der Waals surface area contributed by atoms with Crippen LogP contribution in [0.3, 0.4) is 0 Å². The van der Waals surface area contributed by atoms with Crippen LogP contribution in [0, 0.1) is 11.7 Å². The van der Waals surface area contributed by atoms with Crippen LogP contribution in [0.5, 0.6) is 0 Å². The molecule has 0 bridgehead atoms. The number of nitrogens with zero attached hydrogens (tertiary/aromatic N) is 2. The Morgan fingerprint density at radius 1 is 1.00 bits per heavy atom. The summed E-state index contributed by atoms with van der Waals surface area (Å²) in [4.78, 5) is 7.35. The number of hydrogen-bond donors (Lipinski definition) is 0. The number of hydrogen-bond acceptors (Lipinski definition) is 3. The highest BCUT2D eigenvalue weighted by atomic mass is 19.1. The first-order chi connectivity index (χ1) is 15.8. The molecule has 1 aromatic carbocycles. The van der Waals surface area contributed by atoms with Crippen molar-refractivity contribution in [3.8, 4) is 0 Å². The zero-order chi connectivity index (χ0) is 21.8. The molecule has 3 nitrogen and oxygen atoms in total. The standard InChI is InChI=1S/C28H35FN2O/c29-26-10-9-24(28-25(26)14-19-32-28)22-11-16-31(17-12-22)18-13-23(27-8-4-5-15-30-27)20-21-6-2-1-3-7-21/h4-5,8-10,14-15,19,21-23H,1-3,6-7,11-13,16-18,20H2. The molecular formula is C28H35FN2O. The number of fused-ring (bicyclic) bond motifs is 1. The molecule has 1 saturated carbocycles. The summed E-state index contributed by atoms with van der Waals surface area (Å²) in [6, 6.07) is 11.7. The van der Waals surface area contributed by atoms with Crippen LogP contribution in [0.4, 0.5) is 4.39 Å². The minimum Gasteiger partial charge on any atom is -0.464 e. The van der Waals surface area contributed by atoms with Crippen molar-refractivity contribution < 1.29 is 8.81 Å². The Balaban J connectivity index is 1.19. The lowest BCUT2D eigenvalue weighted by Crippen LogP contribution is -2.34. The molecule has 0 radical (unpaired) electrons. The highest BCUT2D eigenvalue weighted by Gasteiger charge is 2.26. The van der Waals surface area contributed by atoms with Crippen LogP contribution in [0.2, 0.25) is 0 Å². The van der Waals surface area contributed by atoms with Gasteiger partial charge in [0.15, 0.2) is 0 Å². The highest BCUT2D eigenvalue weighted by molar-refractivity contribution is 5.81. The fourth-order valence-electron chi connectivity index (χ4n) is 6.01. The number of halogens is 1. The third-order valence-corrected chi connectivity index (χ3v) is 7.86. The summed E-state index contributed by atoms with van der Waals surface area (Å²) in [5.41, 5.74) is 3.19. The van der Waals surface area contributed by atoms with Gasteiger partial charge in [-0.2, -0.15) is 0 Å². The fraction of sp³-hybridized carbons (Fsp3) is 0.536. The summed E-state index contributed by atoms with van der Waals surface area (Å²) < 4.78 is 19.7. The minimum absolute atomic E-state index is 0.187. The molecule has 3 aromatic rings. The monoisotopic (exact) mass is 434 g/mol. The van der Waals surface area contributed by atoms with E-state index in [1.165, 1.54) is 56.2 Å². The first-order valence-electron chi connectivity index (χ1n) is 12.6.